The van der Waals surface area contributed by atoms with Crippen molar-refractivity contribution in [1.29, 1.82) is 0 Å². The molecule has 0 spiro atoms. The van der Waals surface area contributed by atoms with Gasteiger partial charge in [0.15, 0.2) is 0 Å². The Bertz CT molecular complexity index is 593. The molecule has 0 aliphatic heterocycles. The van der Waals surface area contributed by atoms with Crippen molar-refractivity contribution < 1.29 is 4.79 Å². The molecule has 1 amide bonds. The predicted molar refractivity (Wildman–Crippen MR) is 93.5 cm³/mol. The van der Waals surface area contributed by atoms with Crippen molar-refractivity contribution in [1.82, 2.24) is 5.32 Å². The lowest BCUT2D eigenvalue weighted by Crippen LogP contribution is -2.47. The van der Waals surface area contributed by atoms with Crippen molar-refractivity contribution in [3.05, 3.63) is 33.8 Å². The van der Waals surface area contributed by atoms with E-state index in [-0.39, 0.29) is 5.91 Å². The first-order valence-electron chi connectivity index (χ1n) is 8.72. The summed E-state index contributed by atoms with van der Waals surface area (Å²) in [7, 11) is 0. The zero-order valence-corrected chi connectivity index (χ0v) is 14.8. The van der Waals surface area contributed by atoms with E-state index >= 15 is 0 Å². The van der Waals surface area contributed by atoms with Crippen LogP contribution in [0.15, 0.2) is 18.2 Å². The van der Waals surface area contributed by atoms with Crippen molar-refractivity contribution >= 4 is 29.1 Å². The molecule has 4 bridgehead atoms. The van der Waals surface area contributed by atoms with Gasteiger partial charge in [0.1, 0.15) is 0 Å². The normalized spacial score (nSPS) is 34.6. The Kier molecular flexibility index (Phi) is 4.09. The number of carbonyl (C=O) groups is 1. The number of carbonyl (C=O) groups excluding carboxylic acids is 1. The first-order valence-corrected chi connectivity index (χ1v) is 9.48. The molecule has 0 radical (unpaired) electrons. The number of benzene rings is 1. The number of hydrogen-bond acceptors (Lipinski definition) is 1. The Balaban J connectivity index is 1.37. The summed E-state index contributed by atoms with van der Waals surface area (Å²) in [4.78, 5) is 12.5. The lowest BCUT2D eigenvalue weighted by Gasteiger charge is -2.56. The third kappa shape index (κ3) is 3.25. The second-order valence-corrected chi connectivity index (χ2v) is 8.95. The molecule has 0 saturated heterocycles. The number of rotatable bonds is 4. The molecule has 124 valence electrons. The van der Waals surface area contributed by atoms with E-state index in [1.54, 1.807) is 6.07 Å². The Morgan fingerprint density at radius 3 is 2.26 bits per heavy atom. The second-order valence-electron chi connectivity index (χ2n) is 8.11. The molecule has 4 heteroatoms. The van der Waals surface area contributed by atoms with E-state index in [0.29, 0.717) is 28.4 Å². The highest BCUT2D eigenvalue weighted by Gasteiger charge is 2.51. The van der Waals surface area contributed by atoms with Gasteiger partial charge in [-0.05, 0) is 79.4 Å². The van der Waals surface area contributed by atoms with Gasteiger partial charge in [-0.2, -0.15) is 0 Å². The molecule has 4 aliphatic rings. The van der Waals surface area contributed by atoms with Gasteiger partial charge in [-0.25, -0.2) is 0 Å². The Morgan fingerprint density at radius 1 is 1.09 bits per heavy atom. The minimum atomic E-state index is 0.179. The maximum absolute atomic E-state index is 12.5. The quantitative estimate of drug-likeness (QED) is 0.791. The number of nitrogens with one attached hydrogen (secondary N) is 1. The lowest BCUT2D eigenvalue weighted by atomic mass is 9.49. The highest BCUT2D eigenvalue weighted by molar-refractivity contribution is 6.35. The molecule has 1 aromatic rings. The van der Waals surface area contributed by atoms with Crippen molar-refractivity contribution in [2.45, 2.75) is 51.5 Å². The molecular formula is C19H23Cl2NO. The first-order chi connectivity index (χ1) is 11.0. The molecule has 1 aromatic carbocycles. The van der Waals surface area contributed by atoms with Crippen molar-refractivity contribution in [3.8, 4) is 0 Å². The minimum absolute atomic E-state index is 0.179. The fraction of sp³-hybridized carbons (Fsp3) is 0.632. The average Bonchev–Trinajstić information content (AvgIpc) is 2.44. The van der Waals surface area contributed by atoms with E-state index in [9.17, 15) is 4.79 Å². The molecule has 0 heterocycles. The Hall–Kier alpha value is -0.730. The van der Waals surface area contributed by atoms with Gasteiger partial charge in [0, 0.05) is 23.0 Å². The van der Waals surface area contributed by atoms with Gasteiger partial charge in [-0.15, -0.1) is 0 Å². The fourth-order valence-electron chi connectivity index (χ4n) is 5.77. The summed E-state index contributed by atoms with van der Waals surface area (Å²) in [6, 6.07) is 5.42. The third-order valence-electron chi connectivity index (χ3n) is 6.19. The molecule has 0 aromatic heterocycles. The predicted octanol–water partition coefficient (Wildman–Crippen LogP) is 5.22. The maximum atomic E-state index is 12.5. The number of hydrogen-bond donors (Lipinski definition) is 1. The van der Waals surface area contributed by atoms with Crippen LogP contribution in [0.5, 0.6) is 0 Å². The molecule has 0 unspecified atom stereocenters. The maximum Gasteiger partial charge on any atom is 0.220 e. The summed E-state index contributed by atoms with van der Waals surface area (Å²) in [6.07, 6.45) is 8.77. The van der Waals surface area contributed by atoms with Crippen LogP contribution in [0.1, 0.15) is 50.5 Å². The van der Waals surface area contributed by atoms with Gasteiger partial charge >= 0.3 is 0 Å². The standard InChI is InChI=1S/C19H23Cl2NO/c20-16-2-1-15(17(21)6-16)11-22-18(23)10-19-7-12-3-13(8-19)5-14(4-12)9-19/h1-2,6,12-14H,3-5,7-11H2,(H,22,23). The fourth-order valence-corrected chi connectivity index (χ4v) is 6.24. The Labute approximate surface area is 147 Å². The van der Waals surface area contributed by atoms with Gasteiger partial charge < -0.3 is 5.32 Å². The van der Waals surface area contributed by atoms with Crippen LogP contribution in [0.3, 0.4) is 0 Å². The van der Waals surface area contributed by atoms with Crippen LogP contribution in [0.2, 0.25) is 10.0 Å². The molecule has 0 atom stereocenters. The van der Waals surface area contributed by atoms with E-state index in [1.807, 2.05) is 12.1 Å². The summed E-state index contributed by atoms with van der Waals surface area (Å²) in [5.74, 6) is 2.84. The minimum Gasteiger partial charge on any atom is -0.352 e. The van der Waals surface area contributed by atoms with Crippen LogP contribution in [0, 0.1) is 23.2 Å². The van der Waals surface area contributed by atoms with Crippen LogP contribution < -0.4 is 5.32 Å². The molecule has 23 heavy (non-hydrogen) atoms. The zero-order chi connectivity index (χ0) is 16.0. The highest BCUT2D eigenvalue weighted by Crippen LogP contribution is 2.61. The smallest absolute Gasteiger partial charge is 0.220 e. The number of halogens is 2. The van der Waals surface area contributed by atoms with Crippen LogP contribution >= 0.6 is 23.2 Å². The largest absolute Gasteiger partial charge is 0.352 e. The van der Waals surface area contributed by atoms with E-state index in [0.717, 1.165) is 23.3 Å². The Morgan fingerprint density at radius 2 is 1.70 bits per heavy atom. The van der Waals surface area contributed by atoms with E-state index in [4.69, 9.17) is 23.2 Å². The van der Waals surface area contributed by atoms with Crippen LogP contribution in [0.4, 0.5) is 0 Å². The average molecular weight is 352 g/mol. The molecule has 5 rings (SSSR count). The molecule has 4 aliphatic carbocycles. The van der Waals surface area contributed by atoms with Crippen LogP contribution in [-0.2, 0) is 11.3 Å². The zero-order valence-electron chi connectivity index (χ0n) is 13.3. The summed E-state index contributed by atoms with van der Waals surface area (Å²) in [5, 5.41) is 4.31. The van der Waals surface area contributed by atoms with E-state index < -0.39 is 0 Å². The SMILES string of the molecule is O=C(CC12CC3CC(CC(C3)C1)C2)NCc1ccc(Cl)cc1Cl. The first kappa shape index (κ1) is 15.8. The van der Waals surface area contributed by atoms with E-state index in [1.165, 1.54) is 38.5 Å². The summed E-state index contributed by atoms with van der Waals surface area (Å²) >= 11 is 12.1. The topological polar surface area (TPSA) is 29.1 Å². The molecule has 1 N–H and O–H groups in total. The van der Waals surface area contributed by atoms with Gasteiger partial charge in [-0.1, -0.05) is 29.3 Å². The summed E-state index contributed by atoms with van der Waals surface area (Å²) in [6.45, 7) is 0.487. The molecule has 2 nitrogen and oxygen atoms in total. The van der Waals surface area contributed by atoms with Crippen LogP contribution in [-0.4, -0.2) is 5.91 Å². The van der Waals surface area contributed by atoms with Crippen molar-refractivity contribution in [3.63, 3.8) is 0 Å². The molecular weight excluding hydrogens is 329 g/mol. The van der Waals surface area contributed by atoms with Gasteiger partial charge in [0.2, 0.25) is 5.91 Å². The summed E-state index contributed by atoms with van der Waals surface area (Å²) in [5.41, 5.74) is 1.22. The highest BCUT2D eigenvalue weighted by atomic mass is 35.5. The van der Waals surface area contributed by atoms with Crippen molar-refractivity contribution in [2.75, 3.05) is 0 Å². The van der Waals surface area contributed by atoms with Crippen molar-refractivity contribution in [2.24, 2.45) is 23.2 Å². The van der Waals surface area contributed by atoms with E-state index in [2.05, 4.69) is 5.32 Å². The molecule has 4 fully saturated rings. The van der Waals surface area contributed by atoms with Crippen LogP contribution in [0.25, 0.3) is 0 Å². The summed E-state index contributed by atoms with van der Waals surface area (Å²) < 4.78 is 0. The van der Waals surface area contributed by atoms with Gasteiger partial charge in [-0.3, -0.25) is 4.79 Å². The second kappa shape index (κ2) is 5.97. The third-order valence-corrected chi connectivity index (χ3v) is 6.78. The lowest BCUT2D eigenvalue weighted by molar-refractivity contribution is -0.129. The van der Waals surface area contributed by atoms with Gasteiger partial charge in [0.25, 0.3) is 0 Å². The number of amides is 1. The molecule has 4 saturated carbocycles. The monoisotopic (exact) mass is 351 g/mol. The van der Waals surface area contributed by atoms with Gasteiger partial charge in [0.05, 0.1) is 0 Å².